The van der Waals surface area contributed by atoms with Gasteiger partial charge in [0.05, 0.1) is 18.1 Å². The lowest BCUT2D eigenvalue weighted by molar-refractivity contribution is -0.146. The molecule has 0 saturated heterocycles. The number of carbonyl (C=O) groups is 2. The first-order valence-corrected chi connectivity index (χ1v) is 7.03. The van der Waals surface area contributed by atoms with Crippen LogP contribution in [0.25, 0.3) is 0 Å². The number of furan rings is 1. The van der Waals surface area contributed by atoms with Crippen molar-refractivity contribution in [2.45, 2.75) is 39.2 Å². The van der Waals surface area contributed by atoms with E-state index in [4.69, 9.17) is 4.42 Å². The maximum atomic E-state index is 12.2. The van der Waals surface area contributed by atoms with Gasteiger partial charge >= 0.3 is 5.97 Å². The second-order valence-electron chi connectivity index (χ2n) is 5.82. The van der Waals surface area contributed by atoms with Crippen LogP contribution in [0.15, 0.2) is 22.8 Å². The Hall–Kier alpha value is -1.78. The van der Waals surface area contributed by atoms with Crippen molar-refractivity contribution in [3.63, 3.8) is 0 Å². The van der Waals surface area contributed by atoms with Crippen LogP contribution in [0.5, 0.6) is 0 Å². The van der Waals surface area contributed by atoms with E-state index in [2.05, 4.69) is 5.32 Å². The van der Waals surface area contributed by atoms with Crippen molar-refractivity contribution in [3.05, 3.63) is 24.2 Å². The van der Waals surface area contributed by atoms with Crippen LogP contribution in [0.3, 0.4) is 0 Å². The van der Waals surface area contributed by atoms with Crippen molar-refractivity contribution in [1.82, 2.24) is 5.32 Å². The van der Waals surface area contributed by atoms with Gasteiger partial charge in [-0.25, -0.2) is 0 Å². The van der Waals surface area contributed by atoms with E-state index in [0.29, 0.717) is 19.3 Å². The summed E-state index contributed by atoms with van der Waals surface area (Å²) in [6, 6.07) is 3.60. The Bertz CT molecular complexity index is 468. The summed E-state index contributed by atoms with van der Waals surface area (Å²) in [5.74, 6) is -0.893. The zero-order chi connectivity index (χ0) is 14.7. The van der Waals surface area contributed by atoms with E-state index in [1.54, 1.807) is 6.26 Å². The molecule has 1 aromatic heterocycles. The summed E-state index contributed by atoms with van der Waals surface area (Å²) in [6.07, 6.45) is 3.44. The Morgan fingerprint density at radius 3 is 2.75 bits per heavy atom. The zero-order valence-electron chi connectivity index (χ0n) is 11.8. The molecule has 1 saturated carbocycles. The van der Waals surface area contributed by atoms with Gasteiger partial charge in [-0.15, -0.1) is 0 Å². The highest BCUT2D eigenvalue weighted by atomic mass is 16.4. The molecule has 1 aliphatic carbocycles. The van der Waals surface area contributed by atoms with Crippen LogP contribution >= 0.6 is 0 Å². The van der Waals surface area contributed by atoms with Gasteiger partial charge in [0, 0.05) is 12.5 Å². The standard InChI is InChI=1S/C15H21NO4/c1-9-6-12(13(7-9)15(18)19)14(17)16-10(2)8-11-4-3-5-20-11/h3-5,9-10,12-13H,6-8H2,1-2H3,(H,16,17)(H,18,19). The zero-order valence-corrected chi connectivity index (χ0v) is 11.8. The van der Waals surface area contributed by atoms with Gasteiger partial charge < -0.3 is 14.8 Å². The molecule has 0 radical (unpaired) electrons. The molecule has 1 fully saturated rings. The molecule has 0 spiro atoms. The highest BCUT2D eigenvalue weighted by Crippen LogP contribution is 2.36. The van der Waals surface area contributed by atoms with Crippen LogP contribution in [0.1, 0.15) is 32.4 Å². The van der Waals surface area contributed by atoms with Gasteiger partial charge in [-0.3, -0.25) is 9.59 Å². The van der Waals surface area contributed by atoms with Crippen LogP contribution in [-0.2, 0) is 16.0 Å². The molecule has 0 bridgehead atoms. The molecule has 1 amide bonds. The number of nitrogens with one attached hydrogen (secondary N) is 1. The average Bonchev–Trinajstić information content (AvgIpc) is 2.97. The van der Waals surface area contributed by atoms with Crippen molar-refractivity contribution in [3.8, 4) is 0 Å². The monoisotopic (exact) mass is 279 g/mol. The Balaban J connectivity index is 1.92. The predicted octanol–water partition coefficient (Wildman–Crippen LogP) is 2.07. The summed E-state index contributed by atoms with van der Waals surface area (Å²) < 4.78 is 5.24. The third-order valence-corrected chi connectivity index (χ3v) is 3.93. The highest BCUT2D eigenvalue weighted by Gasteiger charge is 2.41. The summed E-state index contributed by atoms with van der Waals surface area (Å²) in [5.41, 5.74) is 0. The topological polar surface area (TPSA) is 79.5 Å². The van der Waals surface area contributed by atoms with E-state index in [0.717, 1.165) is 5.76 Å². The van der Waals surface area contributed by atoms with Gasteiger partial charge in [0.25, 0.3) is 0 Å². The number of carboxylic acid groups (broad SMARTS) is 1. The molecule has 4 atom stereocenters. The second-order valence-corrected chi connectivity index (χ2v) is 5.82. The quantitative estimate of drug-likeness (QED) is 0.864. The van der Waals surface area contributed by atoms with E-state index in [9.17, 15) is 14.7 Å². The summed E-state index contributed by atoms with van der Waals surface area (Å²) in [7, 11) is 0. The Morgan fingerprint density at radius 1 is 1.45 bits per heavy atom. The molecule has 110 valence electrons. The fourth-order valence-electron chi connectivity index (χ4n) is 2.99. The van der Waals surface area contributed by atoms with Crippen LogP contribution in [0.2, 0.25) is 0 Å². The fourth-order valence-corrected chi connectivity index (χ4v) is 2.99. The summed E-state index contributed by atoms with van der Waals surface area (Å²) in [6.45, 7) is 3.89. The fraction of sp³-hybridized carbons (Fsp3) is 0.600. The summed E-state index contributed by atoms with van der Waals surface area (Å²) >= 11 is 0. The van der Waals surface area contributed by atoms with Gasteiger partial charge in [0.1, 0.15) is 5.76 Å². The molecule has 4 unspecified atom stereocenters. The lowest BCUT2D eigenvalue weighted by Gasteiger charge is -2.19. The Kier molecular flexibility index (Phi) is 4.47. The molecule has 5 nitrogen and oxygen atoms in total. The van der Waals surface area contributed by atoms with Crippen molar-refractivity contribution in [2.75, 3.05) is 0 Å². The molecule has 0 aromatic carbocycles. The minimum absolute atomic E-state index is 0.0704. The molecule has 5 heteroatoms. The van der Waals surface area contributed by atoms with Crippen LogP contribution in [0, 0.1) is 17.8 Å². The van der Waals surface area contributed by atoms with E-state index < -0.39 is 17.8 Å². The lowest BCUT2D eigenvalue weighted by Crippen LogP contribution is -2.40. The number of rotatable bonds is 5. The first kappa shape index (κ1) is 14.6. The van der Waals surface area contributed by atoms with Crippen molar-refractivity contribution in [1.29, 1.82) is 0 Å². The number of carbonyl (C=O) groups excluding carboxylic acids is 1. The molecule has 2 N–H and O–H groups in total. The van der Waals surface area contributed by atoms with E-state index in [1.807, 2.05) is 26.0 Å². The van der Waals surface area contributed by atoms with Gasteiger partial charge in [-0.05, 0) is 37.8 Å². The number of amides is 1. The third kappa shape index (κ3) is 3.40. The van der Waals surface area contributed by atoms with Crippen molar-refractivity contribution >= 4 is 11.9 Å². The van der Waals surface area contributed by atoms with E-state index in [-0.39, 0.29) is 17.9 Å². The van der Waals surface area contributed by atoms with Crippen molar-refractivity contribution < 1.29 is 19.1 Å². The first-order chi connectivity index (χ1) is 9.47. The molecule has 1 aromatic rings. The molecule has 1 aliphatic rings. The van der Waals surface area contributed by atoms with Crippen LogP contribution in [0.4, 0.5) is 0 Å². The normalized spacial score (nSPS) is 27.2. The molecular weight excluding hydrogens is 258 g/mol. The number of carboxylic acids is 1. The molecule has 1 heterocycles. The second kappa shape index (κ2) is 6.11. The van der Waals surface area contributed by atoms with Gasteiger partial charge in [-0.2, -0.15) is 0 Å². The molecule has 0 aliphatic heterocycles. The number of hydrogen-bond acceptors (Lipinski definition) is 3. The molecule has 2 rings (SSSR count). The number of aliphatic carboxylic acids is 1. The minimum atomic E-state index is -0.867. The average molecular weight is 279 g/mol. The third-order valence-electron chi connectivity index (χ3n) is 3.93. The van der Waals surface area contributed by atoms with Crippen LogP contribution < -0.4 is 5.32 Å². The van der Waals surface area contributed by atoms with E-state index >= 15 is 0 Å². The summed E-state index contributed by atoms with van der Waals surface area (Å²) in [5, 5.41) is 12.1. The van der Waals surface area contributed by atoms with Gasteiger partial charge in [0.15, 0.2) is 0 Å². The largest absolute Gasteiger partial charge is 0.481 e. The SMILES string of the molecule is CC1CC(C(=O)O)C(C(=O)NC(C)Cc2ccco2)C1. The maximum Gasteiger partial charge on any atom is 0.307 e. The Morgan fingerprint density at radius 2 is 2.15 bits per heavy atom. The maximum absolute atomic E-state index is 12.2. The Labute approximate surface area is 118 Å². The predicted molar refractivity (Wildman–Crippen MR) is 73.0 cm³/mol. The first-order valence-electron chi connectivity index (χ1n) is 7.03. The summed E-state index contributed by atoms with van der Waals surface area (Å²) in [4.78, 5) is 23.4. The smallest absolute Gasteiger partial charge is 0.307 e. The van der Waals surface area contributed by atoms with E-state index in [1.165, 1.54) is 0 Å². The van der Waals surface area contributed by atoms with Crippen LogP contribution in [-0.4, -0.2) is 23.0 Å². The number of hydrogen-bond donors (Lipinski definition) is 2. The van der Waals surface area contributed by atoms with Gasteiger partial charge in [-0.1, -0.05) is 6.92 Å². The van der Waals surface area contributed by atoms with Gasteiger partial charge in [0.2, 0.25) is 5.91 Å². The minimum Gasteiger partial charge on any atom is -0.481 e. The molecular formula is C15H21NO4. The lowest BCUT2D eigenvalue weighted by atomic mass is 9.95. The van der Waals surface area contributed by atoms with Crippen molar-refractivity contribution in [2.24, 2.45) is 17.8 Å². The molecule has 20 heavy (non-hydrogen) atoms. The highest BCUT2D eigenvalue weighted by molar-refractivity contribution is 5.85.